The first-order valence-electron chi connectivity index (χ1n) is 6.65. The van der Waals surface area contributed by atoms with E-state index in [9.17, 15) is 5.26 Å². The van der Waals surface area contributed by atoms with Gasteiger partial charge in [0.25, 0.3) is 0 Å². The van der Waals surface area contributed by atoms with Crippen molar-refractivity contribution in [2.75, 3.05) is 7.11 Å². The van der Waals surface area contributed by atoms with Crippen molar-refractivity contribution in [3.63, 3.8) is 0 Å². The molecule has 0 aliphatic heterocycles. The fourth-order valence-electron chi connectivity index (χ4n) is 2.51. The van der Waals surface area contributed by atoms with Gasteiger partial charge in [-0.1, -0.05) is 12.1 Å². The summed E-state index contributed by atoms with van der Waals surface area (Å²) in [5.41, 5.74) is 3.84. The van der Waals surface area contributed by atoms with Gasteiger partial charge in [0.1, 0.15) is 5.75 Å². The molecule has 4 nitrogen and oxygen atoms in total. The molecule has 0 saturated heterocycles. The predicted molar refractivity (Wildman–Crippen MR) is 83.8 cm³/mol. The number of rotatable bonds is 3. The zero-order valence-corrected chi connectivity index (χ0v) is 13.0. The number of ether oxygens (including phenoxy) is 1. The van der Waals surface area contributed by atoms with Crippen LogP contribution in [0.2, 0.25) is 0 Å². The number of aromatic nitrogens is 2. The lowest BCUT2D eigenvalue weighted by Gasteiger charge is -2.07. The van der Waals surface area contributed by atoms with E-state index in [1.54, 1.807) is 18.4 Å². The zero-order valence-electron chi connectivity index (χ0n) is 12.2. The van der Waals surface area contributed by atoms with Crippen molar-refractivity contribution in [3.8, 4) is 23.1 Å². The molecule has 21 heavy (non-hydrogen) atoms. The minimum atomic E-state index is 0.325. The molecule has 0 unspecified atom stereocenters. The standard InChI is InChI=1S/C16H15N3OS/c1-10-11(2)21-16-18-15(13(8-9-17)19(10)16)12-6-4-5-7-14(12)20-3/h4-7H,8H2,1-3H3. The minimum absolute atomic E-state index is 0.325. The molecule has 0 atom stereocenters. The van der Waals surface area contributed by atoms with E-state index in [1.807, 2.05) is 24.3 Å². The number of nitrogens with zero attached hydrogens (tertiary/aromatic N) is 3. The summed E-state index contributed by atoms with van der Waals surface area (Å²) in [6, 6.07) is 10.0. The third-order valence-corrected chi connectivity index (χ3v) is 4.70. The average Bonchev–Trinajstić information content (AvgIpc) is 2.97. The van der Waals surface area contributed by atoms with E-state index in [0.29, 0.717) is 6.42 Å². The van der Waals surface area contributed by atoms with Gasteiger partial charge in [-0.2, -0.15) is 5.26 Å². The van der Waals surface area contributed by atoms with Crippen LogP contribution in [-0.2, 0) is 6.42 Å². The van der Waals surface area contributed by atoms with Gasteiger partial charge in [-0.15, -0.1) is 11.3 Å². The van der Waals surface area contributed by atoms with Gasteiger partial charge in [0.2, 0.25) is 0 Å². The van der Waals surface area contributed by atoms with E-state index in [2.05, 4.69) is 24.3 Å². The second-order valence-corrected chi connectivity index (χ2v) is 5.99. The highest BCUT2D eigenvalue weighted by Crippen LogP contribution is 2.35. The molecular weight excluding hydrogens is 282 g/mol. The zero-order chi connectivity index (χ0) is 15.0. The van der Waals surface area contributed by atoms with Crippen molar-refractivity contribution in [2.24, 2.45) is 0 Å². The van der Waals surface area contributed by atoms with E-state index >= 15 is 0 Å². The van der Waals surface area contributed by atoms with Crippen molar-refractivity contribution in [1.29, 1.82) is 5.26 Å². The summed E-state index contributed by atoms with van der Waals surface area (Å²) in [6.45, 7) is 4.14. The highest BCUT2D eigenvalue weighted by Gasteiger charge is 2.20. The number of fused-ring (bicyclic) bond motifs is 1. The Morgan fingerprint density at radius 1 is 1.33 bits per heavy atom. The van der Waals surface area contributed by atoms with E-state index in [1.165, 1.54) is 4.88 Å². The Morgan fingerprint density at radius 2 is 2.10 bits per heavy atom. The third kappa shape index (κ3) is 2.08. The molecule has 0 spiro atoms. The van der Waals surface area contributed by atoms with Crippen LogP contribution in [0.5, 0.6) is 5.75 Å². The maximum atomic E-state index is 9.17. The van der Waals surface area contributed by atoms with Gasteiger partial charge < -0.3 is 4.74 Å². The van der Waals surface area contributed by atoms with Crippen molar-refractivity contribution in [2.45, 2.75) is 20.3 Å². The lowest BCUT2D eigenvalue weighted by Crippen LogP contribution is -1.96. The van der Waals surface area contributed by atoms with Gasteiger partial charge in [-0.3, -0.25) is 4.40 Å². The Hall–Kier alpha value is -2.32. The molecule has 3 aromatic rings. The van der Waals surface area contributed by atoms with E-state index in [0.717, 1.165) is 33.4 Å². The highest BCUT2D eigenvalue weighted by molar-refractivity contribution is 7.17. The van der Waals surface area contributed by atoms with E-state index < -0.39 is 0 Å². The van der Waals surface area contributed by atoms with Crippen LogP contribution in [0.15, 0.2) is 24.3 Å². The summed E-state index contributed by atoms with van der Waals surface area (Å²) in [5, 5.41) is 9.17. The van der Waals surface area contributed by atoms with Crippen LogP contribution in [-0.4, -0.2) is 16.5 Å². The molecule has 0 amide bonds. The molecule has 1 aromatic carbocycles. The topological polar surface area (TPSA) is 50.3 Å². The number of aryl methyl sites for hydroxylation is 2. The minimum Gasteiger partial charge on any atom is -0.496 e. The lowest BCUT2D eigenvalue weighted by molar-refractivity contribution is 0.416. The van der Waals surface area contributed by atoms with Crippen LogP contribution >= 0.6 is 11.3 Å². The number of nitriles is 1. The molecule has 5 heteroatoms. The number of hydrogen-bond donors (Lipinski definition) is 0. The summed E-state index contributed by atoms with van der Waals surface area (Å²) in [6.07, 6.45) is 0.325. The molecule has 106 valence electrons. The van der Waals surface area contributed by atoms with E-state index in [4.69, 9.17) is 9.72 Å². The molecule has 0 saturated carbocycles. The van der Waals surface area contributed by atoms with Crippen LogP contribution in [0.3, 0.4) is 0 Å². The molecule has 0 aliphatic rings. The maximum Gasteiger partial charge on any atom is 0.194 e. The van der Waals surface area contributed by atoms with Gasteiger partial charge in [0, 0.05) is 16.1 Å². The average molecular weight is 297 g/mol. The monoisotopic (exact) mass is 297 g/mol. The Balaban J connectivity index is 2.32. The van der Waals surface area contributed by atoms with Gasteiger partial charge in [-0.25, -0.2) is 4.98 Å². The molecule has 0 N–H and O–H groups in total. The second-order valence-electron chi connectivity index (χ2n) is 4.80. The SMILES string of the molecule is COc1ccccc1-c1nc2sc(C)c(C)n2c1CC#N. The number of methoxy groups -OCH3 is 1. The summed E-state index contributed by atoms with van der Waals surface area (Å²) in [4.78, 5) is 6.89. The van der Waals surface area contributed by atoms with Crippen LogP contribution < -0.4 is 4.74 Å². The van der Waals surface area contributed by atoms with Crippen LogP contribution in [0, 0.1) is 25.2 Å². The Kier molecular flexibility index (Phi) is 3.40. The molecule has 2 aromatic heterocycles. The number of thiazole rings is 1. The predicted octanol–water partition coefficient (Wildman–Crippen LogP) is 3.75. The van der Waals surface area contributed by atoms with Crippen molar-refractivity contribution in [3.05, 3.63) is 40.5 Å². The van der Waals surface area contributed by atoms with Crippen molar-refractivity contribution < 1.29 is 4.74 Å². The molecule has 3 rings (SSSR count). The molecule has 0 bridgehead atoms. The quantitative estimate of drug-likeness (QED) is 0.739. The first kappa shape index (κ1) is 13.7. The molecule has 0 radical (unpaired) electrons. The first-order valence-corrected chi connectivity index (χ1v) is 7.46. The van der Waals surface area contributed by atoms with Crippen LogP contribution in [0.1, 0.15) is 16.3 Å². The second kappa shape index (κ2) is 5.23. The number of hydrogen-bond acceptors (Lipinski definition) is 4. The summed E-state index contributed by atoms with van der Waals surface area (Å²) < 4.78 is 7.52. The third-order valence-electron chi connectivity index (χ3n) is 3.64. The first-order chi connectivity index (χ1) is 10.2. The Bertz CT molecular complexity index is 854. The molecule has 0 fully saturated rings. The number of imidazole rings is 1. The normalized spacial score (nSPS) is 10.8. The fraction of sp³-hybridized carbons (Fsp3) is 0.250. The van der Waals surface area contributed by atoms with Gasteiger partial charge in [0.05, 0.1) is 31.0 Å². The Morgan fingerprint density at radius 3 is 2.81 bits per heavy atom. The lowest BCUT2D eigenvalue weighted by atomic mass is 10.1. The van der Waals surface area contributed by atoms with Crippen molar-refractivity contribution >= 4 is 16.3 Å². The smallest absolute Gasteiger partial charge is 0.194 e. The van der Waals surface area contributed by atoms with Crippen LogP contribution in [0.25, 0.3) is 16.2 Å². The highest BCUT2D eigenvalue weighted by atomic mass is 32.1. The van der Waals surface area contributed by atoms with E-state index in [-0.39, 0.29) is 0 Å². The van der Waals surface area contributed by atoms with Gasteiger partial charge >= 0.3 is 0 Å². The Labute approximate surface area is 127 Å². The number of benzene rings is 1. The summed E-state index contributed by atoms with van der Waals surface area (Å²) in [7, 11) is 1.65. The number of para-hydroxylation sites is 1. The summed E-state index contributed by atoms with van der Waals surface area (Å²) >= 11 is 1.65. The largest absolute Gasteiger partial charge is 0.496 e. The fourth-order valence-corrected chi connectivity index (χ4v) is 3.50. The van der Waals surface area contributed by atoms with Gasteiger partial charge in [0.15, 0.2) is 4.96 Å². The van der Waals surface area contributed by atoms with Crippen molar-refractivity contribution in [1.82, 2.24) is 9.38 Å². The molecule has 0 aliphatic carbocycles. The van der Waals surface area contributed by atoms with Gasteiger partial charge in [-0.05, 0) is 26.0 Å². The summed E-state index contributed by atoms with van der Waals surface area (Å²) in [5.74, 6) is 0.775. The molecule has 2 heterocycles. The molecular formula is C16H15N3OS. The van der Waals surface area contributed by atoms with Crippen LogP contribution in [0.4, 0.5) is 0 Å². The maximum absolute atomic E-state index is 9.17.